The minimum absolute atomic E-state index is 0.0284. The highest BCUT2D eigenvalue weighted by atomic mass is 32.2. The maximum atomic E-state index is 12.8. The molecule has 0 bridgehead atoms. The van der Waals surface area contributed by atoms with E-state index in [2.05, 4.69) is 6.92 Å². The fourth-order valence-electron chi connectivity index (χ4n) is 2.86. The van der Waals surface area contributed by atoms with Crippen LogP contribution in [-0.4, -0.2) is 16.3 Å². The second-order valence-electron chi connectivity index (χ2n) is 5.84. The summed E-state index contributed by atoms with van der Waals surface area (Å²) in [5.41, 5.74) is 1.88. The van der Waals surface area contributed by atoms with Gasteiger partial charge in [0.2, 0.25) is 6.79 Å². The van der Waals surface area contributed by atoms with E-state index in [0.717, 1.165) is 34.2 Å². The van der Waals surface area contributed by atoms with E-state index in [4.69, 9.17) is 14.5 Å². The lowest BCUT2D eigenvalue weighted by Crippen LogP contribution is -2.23. The molecule has 0 atom stereocenters. The minimum Gasteiger partial charge on any atom is -0.454 e. The van der Waals surface area contributed by atoms with Crippen molar-refractivity contribution in [2.24, 2.45) is 0 Å². The van der Waals surface area contributed by atoms with Gasteiger partial charge in [0.15, 0.2) is 16.7 Å². The lowest BCUT2D eigenvalue weighted by atomic mass is 10.2. The van der Waals surface area contributed by atoms with E-state index in [1.165, 1.54) is 0 Å². The minimum atomic E-state index is 0.0284. The molecule has 128 valence electrons. The van der Waals surface area contributed by atoms with Crippen LogP contribution in [0.15, 0.2) is 52.4 Å². The summed E-state index contributed by atoms with van der Waals surface area (Å²) in [6.45, 7) is 3.00. The first-order chi connectivity index (χ1) is 12.3. The fraction of sp³-hybridized carbons (Fsp3) is 0.263. The molecule has 0 radical (unpaired) electrons. The first-order valence-electron chi connectivity index (χ1n) is 8.27. The first-order valence-corrected chi connectivity index (χ1v) is 9.25. The topological polar surface area (TPSA) is 53.4 Å². The van der Waals surface area contributed by atoms with Gasteiger partial charge in [0.05, 0.1) is 10.9 Å². The molecular formula is C19H18N2O3S. The fourth-order valence-corrected chi connectivity index (χ4v) is 3.83. The van der Waals surface area contributed by atoms with Crippen LogP contribution in [0.5, 0.6) is 11.5 Å². The Labute approximate surface area is 149 Å². The number of aromatic nitrogens is 2. The summed E-state index contributed by atoms with van der Waals surface area (Å²) in [5, 5.41) is 1.42. The van der Waals surface area contributed by atoms with Gasteiger partial charge >= 0.3 is 0 Å². The molecule has 1 aliphatic rings. The Morgan fingerprint density at radius 2 is 2.00 bits per heavy atom. The number of para-hydroxylation sites is 1. The van der Waals surface area contributed by atoms with Crippen LogP contribution < -0.4 is 15.0 Å². The zero-order chi connectivity index (χ0) is 17.2. The van der Waals surface area contributed by atoms with Gasteiger partial charge in [-0.2, -0.15) is 0 Å². The van der Waals surface area contributed by atoms with Gasteiger partial charge < -0.3 is 9.47 Å². The Balaban J connectivity index is 1.66. The second-order valence-corrected chi connectivity index (χ2v) is 6.79. The quantitative estimate of drug-likeness (QED) is 0.515. The largest absolute Gasteiger partial charge is 0.454 e. The zero-order valence-electron chi connectivity index (χ0n) is 13.9. The predicted molar refractivity (Wildman–Crippen MR) is 98.4 cm³/mol. The van der Waals surface area contributed by atoms with Crippen LogP contribution in [0.25, 0.3) is 10.9 Å². The van der Waals surface area contributed by atoms with Gasteiger partial charge in [0.1, 0.15) is 0 Å². The van der Waals surface area contributed by atoms with Crippen molar-refractivity contribution in [2.75, 3.05) is 6.79 Å². The third-order valence-electron chi connectivity index (χ3n) is 4.08. The molecule has 1 aromatic heterocycles. The zero-order valence-corrected chi connectivity index (χ0v) is 14.7. The molecule has 0 N–H and O–H groups in total. The van der Waals surface area contributed by atoms with E-state index in [0.29, 0.717) is 17.7 Å². The summed E-state index contributed by atoms with van der Waals surface area (Å²) >= 11 is 1.57. The molecule has 0 unspecified atom stereocenters. The lowest BCUT2D eigenvalue weighted by Gasteiger charge is -2.12. The molecule has 3 aromatic rings. The van der Waals surface area contributed by atoms with Crippen LogP contribution in [0.4, 0.5) is 0 Å². The van der Waals surface area contributed by atoms with Crippen molar-refractivity contribution in [2.45, 2.75) is 30.8 Å². The Morgan fingerprint density at radius 1 is 1.16 bits per heavy atom. The molecule has 5 nitrogen and oxygen atoms in total. The van der Waals surface area contributed by atoms with Gasteiger partial charge in [0.25, 0.3) is 5.56 Å². The van der Waals surface area contributed by atoms with Gasteiger partial charge in [-0.05, 0) is 36.2 Å². The van der Waals surface area contributed by atoms with Crippen LogP contribution in [0, 0.1) is 0 Å². The van der Waals surface area contributed by atoms with Crippen molar-refractivity contribution in [3.63, 3.8) is 0 Å². The van der Waals surface area contributed by atoms with E-state index in [-0.39, 0.29) is 12.4 Å². The number of rotatable bonds is 5. The molecule has 0 amide bonds. The Morgan fingerprint density at radius 3 is 2.88 bits per heavy atom. The number of thioether (sulfide) groups is 1. The van der Waals surface area contributed by atoms with Crippen LogP contribution >= 0.6 is 11.8 Å². The molecule has 0 spiro atoms. The van der Waals surface area contributed by atoms with Crippen LogP contribution in [0.2, 0.25) is 0 Å². The third-order valence-corrected chi connectivity index (χ3v) is 5.13. The average Bonchev–Trinajstić information content (AvgIpc) is 3.10. The SMILES string of the molecule is CCCn1c(SCc2ccc3c(c2)OCO3)nc2ccccc2c1=O. The van der Waals surface area contributed by atoms with Crippen molar-refractivity contribution < 1.29 is 9.47 Å². The summed E-state index contributed by atoms with van der Waals surface area (Å²) in [7, 11) is 0. The van der Waals surface area contributed by atoms with Crippen LogP contribution in [0.3, 0.4) is 0 Å². The normalized spacial score (nSPS) is 12.7. The van der Waals surface area contributed by atoms with E-state index < -0.39 is 0 Å². The van der Waals surface area contributed by atoms with Gasteiger partial charge in [-0.3, -0.25) is 9.36 Å². The number of hydrogen-bond acceptors (Lipinski definition) is 5. The monoisotopic (exact) mass is 354 g/mol. The lowest BCUT2D eigenvalue weighted by molar-refractivity contribution is 0.174. The summed E-state index contributed by atoms with van der Waals surface area (Å²) < 4.78 is 12.6. The van der Waals surface area contributed by atoms with Crippen molar-refractivity contribution in [3.05, 3.63) is 58.4 Å². The molecule has 4 rings (SSSR count). The van der Waals surface area contributed by atoms with Gasteiger partial charge in [-0.1, -0.05) is 36.9 Å². The van der Waals surface area contributed by atoms with Gasteiger partial charge in [-0.25, -0.2) is 4.98 Å². The molecule has 0 fully saturated rings. The highest BCUT2D eigenvalue weighted by Gasteiger charge is 2.15. The van der Waals surface area contributed by atoms with E-state index in [1.54, 1.807) is 16.3 Å². The molecule has 0 saturated carbocycles. The van der Waals surface area contributed by atoms with Gasteiger partial charge in [-0.15, -0.1) is 0 Å². The standard InChI is InChI=1S/C19H18N2O3S/c1-2-9-21-18(22)14-5-3-4-6-15(14)20-19(21)25-11-13-7-8-16-17(10-13)24-12-23-16/h3-8,10H,2,9,11-12H2,1H3. The van der Waals surface area contributed by atoms with E-state index in [9.17, 15) is 4.79 Å². The third kappa shape index (κ3) is 3.09. The Kier molecular flexibility index (Phi) is 4.36. The maximum absolute atomic E-state index is 12.8. The molecule has 2 heterocycles. The molecule has 6 heteroatoms. The number of fused-ring (bicyclic) bond motifs is 2. The molecule has 2 aromatic carbocycles. The molecule has 0 saturated heterocycles. The van der Waals surface area contributed by atoms with Crippen molar-refractivity contribution in [1.29, 1.82) is 0 Å². The van der Waals surface area contributed by atoms with Crippen molar-refractivity contribution >= 4 is 22.7 Å². The molecule has 25 heavy (non-hydrogen) atoms. The number of nitrogens with zero attached hydrogens (tertiary/aromatic N) is 2. The van der Waals surface area contributed by atoms with Gasteiger partial charge in [0, 0.05) is 12.3 Å². The number of ether oxygens (including phenoxy) is 2. The van der Waals surface area contributed by atoms with E-state index >= 15 is 0 Å². The maximum Gasteiger partial charge on any atom is 0.262 e. The smallest absolute Gasteiger partial charge is 0.262 e. The summed E-state index contributed by atoms with van der Waals surface area (Å²) in [6.07, 6.45) is 0.886. The number of hydrogen-bond donors (Lipinski definition) is 0. The molecule has 1 aliphatic heterocycles. The molecular weight excluding hydrogens is 336 g/mol. The highest BCUT2D eigenvalue weighted by Crippen LogP contribution is 2.34. The average molecular weight is 354 g/mol. The molecule has 0 aliphatic carbocycles. The summed E-state index contributed by atoms with van der Waals surface area (Å²) in [6, 6.07) is 13.4. The predicted octanol–water partition coefficient (Wildman–Crippen LogP) is 3.83. The Hall–Kier alpha value is -2.47. The van der Waals surface area contributed by atoms with Crippen LogP contribution in [0.1, 0.15) is 18.9 Å². The summed E-state index contributed by atoms with van der Waals surface area (Å²) in [4.78, 5) is 17.5. The van der Waals surface area contributed by atoms with E-state index in [1.807, 2.05) is 42.5 Å². The number of benzene rings is 2. The first kappa shape index (κ1) is 16.0. The Bertz CT molecular complexity index is 984. The van der Waals surface area contributed by atoms with Crippen LogP contribution in [-0.2, 0) is 12.3 Å². The summed E-state index contributed by atoms with van der Waals surface area (Å²) in [5.74, 6) is 2.27. The second kappa shape index (κ2) is 6.80. The highest BCUT2D eigenvalue weighted by molar-refractivity contribution is 7.98. The van der Waals surface area contributed by atoms with Crippen molar-refractivity contribution in [1.82, 2.24) is 9.55 Å². The van der Waals surface area contributed by atoms with Crippen molar-refractivity contribution in [3.8, 4) is 11.5 Å².